The highest BCUT2D eigenvalue weighted by molar-refractivity contribution is 5.81. The Kier molecular flexibility index (Phi) is 5.45. The van der Waals surface area contributed by atoms with Gasteiger partial charge in [-0.05, 0) is 38.7 Å². The first-order valence-corrected chi connectivity index (χ1v) is 10.4. The molecule has 2 aromatic rings. The minimum absolute atomic E-state index is 0.619. The smallest absolute Gasteiger partial charge is 0.172 e. The molecule has 6 nitrogen and oxygen atoms in total. The predicted octanol–water partition coefficient (Wildman–Crippen LogP) is 2.30. The normalized spacial score (nSPS) is 21.6. The molecule has 2 saturated heterocycles. The summed E-state index contributed by atoms with van der Waals surface area (Å²) in [5, 5.41) is 0. The summed E-state index contributed by atoms with van der Waals surface area (Å²) in [6.45, 7) is 13.1. The molecule has 27 heavy (non-hydrogen) atoms. The molecule has 146 valence electrons. The summed E-state index contributed by atoms with van der Waals surface area (Å²) < 4.78 is 0. The molecule has 0 spiro atoms. The standard InChI is InChI=1S/C21H32N6/c1-4-25(5-2)17-10-11-27(16-17)21-20(26-14-12-24(3)13-15-26)22-18-8-6-7-9-19(18)23-21/h6-9,17H,4-5,10-16H2,1-3H3. The van der Waals surface area contributed by atoms with Gasteiger partial charge in [-0.2, -0.15) is 0 Å². The zero-order valence-electron chi connectivity index (χ0n) is 16.9. The van der Waals surface area contributed by atoms with Crippen LogP contribution in [0.5, 0.6) is 0 Å². The average molecular weight is 369 g/mol. The molecule has 4 rings (SSSR count). The van der Waals surface area contributed by atoms with E-state index in [2.05, 4.69) is 64.8 Å². The summed E-state index contributed by atoms with van der Waals surface area (Å²) in [4.78, 5) is 20.0. The van der Waals surface area contributed by atoms with Gasteiger partial charge in [0, 0.05) is 45.3 Å². The largest absolute Gasteiger partial charge is 0.352 e. The maximum Gasteiger partial charge on any atom is 0.172 e. The van der Waals surface area contributed by atoms with Crippen LogP contribution in [0.15, 0.2) is 24.3 Å². The van der Waals surface area contributed by atoms with Crippen LogP contribution in [0, 0.1) is 0 Å². The van der Waals surface area contributed by atoms with Crippen molar-refractivity contribution < 1.29 is 0 Å². The molecule has 0 saturated carbocycles. The van der Waals surface area contributed by atoms with Crippen molar-refractivity contribution in [3.05, 3.63) is 24.3 Å². The van der Waals surface area contributed by atoms with Gasteiger partial charge in [0.2, 0.25) is 0 Å². The highest BCUT2D eigenvalue weighted by atomic mass is 15.3. The van der Waals surface area contributed by atoms with Crippen molar-refractivity contribution in [3.63, 3.8) is 0 Å². The molecule has 2 aliphatic heterocycles. The van der Waals surface area contributed by atoms with Gasteiger partial charge < -0.3 is 14.7 Å². The van der Waals surface area contributed by atoms with Gasteiger partial charge in [0.05, 0.1) is 11.0 Å². The summed E-state index contributed by atoms with van der Waals surface area (Å²) in [7, 11) is 2.19. The monoisotopic (exact) mass is 368 g/mol. The molecule has 1 aromatic carbocycles. The number of benzene rings is 1. The number of piperazine rings is 1. The Hall–Kier alpha value is -1.92. The fraction of sp³-hybridized carbons (Fsp3) is 0.619. The number of anilines is 2. The van der Waals surface area contributed by atoms with Crippen molar-refractivity contribution in [2.45, 2.75) is 26.3 Å². The van der Waals surface area contributed by atoms with Crippen molar-refractivity contribution in [3.8, 4) is 0 Å². The van der Waals surface area contributed by atoms with Crippen molar-refractivity contribution in [2.24, 2.45) is 0 Å². The van der Waals surface area contributed by atoms with E-state index in [9.17, 15) is 0 Å². The molecular weight excluding hydrogens is 336 g/mol. The molecular formula is C21H32N6. The lowest BCUT2D eigenvalue weighted by Gasteiger charge is -2.35. The van der Waals surface area contributed by atoms with E-state index in [1.807, 2.05) is 0 Å². The molecule has 0 amide bonds. The van der Waals surface area contributed by atoms with Crippen LogP contribution in [0.3, 0.4) is 0 Å². The third-order valence-corrected chi connectivity index (χ3v) is 6.13. The van der Waals surface area contributed by atoms with Crippen molar-refractivity contribution in [2.75, 3.05) is 69.2 Å². The fourth-order valence-electron chi connectivity index (χ4n) is 4.40. The number of hydrogen-bond donors (Lipinski definition) is 0. The van der Waals surface area contributed by atoms with Crippen LogP contribution in [-0.2, 0) is 0 Å². The fourth-order valence-corrected chi connectivity index (χ4v) is 4.40. The second-order valence-electron chi connectivity index (χ2n) is 7.76. The molecule has 2 fully saturated rings. The summed E-state index contributed by atoms with van der Waals surface area (Å²) in [6, 6.07) is 8.88. The molecule has 6 heteroatoms. The van der Waals surface area contributed by atoms with Gasteiger partial charge in [0.1, 0.15) is 0 Å². The number of para-hydroxylation sites is 2. The Bertz CT molecular complexity index is 766. The maximum atomic E-state index is 5.09. The molecule has 1 atom stereocenters. The molecule has 0 bridgehead atoms. The summed E-state index contributed by atoms with van der Waals surface area (Å²) >= 11 is 0. The van der Waals surface area contributed by atoms with Crippen LogP contribution >= 0.6 is 0 Å². The van der Waals surface area contributed by atoms with E-state index >= 15 is 0 Å². The Morgan fingerprint density at radius 1 is 0.889 bits per heavy atom. The van der Waals surface area contributed by atoms with Crippen LogP contribution in [0.4, 0.5) is 11.6 Å². The molecule has 0 radical (unpaired) electrons. The summed E-state index contributed by atoms with van der Waals surface area (Å²) in [6.07, 6.45) is 1.21. The van der Waals surface area contributed by atoms with Crippen molar-refractivity contribution in [1.82, 2.24) is 19.8 Å². The van der Waals surface area contributed by atoms with Gasteiger partial charge in [-0.1, -0.05) is 26.0 Å². The van der Waals surface area contributed by atoms with E-state index in [-0.39, 0.29) is 0 Å². The van der Waals surface area contributed by atoms with Crippen molar-refractivity contribution >= 4 is 22.7 Å². The van der Waals surface area contributed by atoms with Crippen molar-refractivity contribution in [1.29, 1.82) is 0 Å². The van der Waals surface area contributed by atoms with E-state index in [0.717, 1.165) is 75.0 Å². The Labute approximate surface area is 162 Å². The van der Waals surface area contributed by atoms with E-state index in [1.165, 1.54) is 6.42 Å². The van der Waals surface area contributed by atoms with E-state index in [0.29, 0.717) is 6.04 Å². The van der Waals surface area contributed by atoms with Crippen LogP contribution in [-0.4, -0.2) is 85.2 Å². The number of likely N-dealkylation sites (N-methyl/N-ethyl adjacent to an activating group) is 2. The van der Waals surface area contributed by atoms with E-state index < -0.39 is 0 Å². The quantitative estimate of drug-likeness (QED) is 0.806. The van der Waals surface area contributed by atoms with Gasteiger partial charge in [0.15, 0.2) is 11.6 Å². The zero-order valence-corrected chi connectivity index (χ0v) is 16.9. The second kappa shape index (κ2) is 7.98. The second-order valence-corrected chi connectivity index (χ2v) is 7.76. The zero-order chi connectivity index (χ0) is 18.8. The molecule has 1 unspecified atom stereocenters. The number of aromatic nitrogens is 2. The molecule has 0 N–H and O–H groups in total. The lowest BCUT2D eigenvalue weighted by atomic mass is 10.2. The van der Waals surface area contributed by atoms with Gasteiger partial charge >= 0.3 is 0 Å². The number of fused-ring (bicyclic) bond motifs is 1. The molecule has 0 aliphatic carbocycles. The predicted molar refractivity (Wildman–Crippen MR) is 113 cm³/mol. The number of hydrogen-bond acceptors (Lipinski definition) is 6. The first-order valence-electron chi connectivity index (χ1n) is 10.4. The minimum atomic E-state index is 0.619. The van der Waals surface area contributed by atoms with Gasteiger partial charge in [-0.15, -0.1) is 0 Å². The third-order valence-electron chi connectivity index (χ3n) is 6.13. The lowest BCUT2D eigenvalue weighted by Crippen LogP contribution is -2.45. The Morgan fingerprint density at radius 3 is 2.07 bits per heavy atom. The molecule has 2 aliphatic rings. The Morgan fingerprint density at radius 2 is 1.48 bits per heavy atom. The van der Waals surface area contributed by atoms with Crippen LogP contribution in [0.2, 0.25) is 0 Å². The Balaban J connectivity index is 1.67. The van der Waals surface area contributed by atoms with Crippen LogP contribution < -0.4 is 9.80 Å². The molecule has 1 aromatic heterocycles. The van der Waals surface area contributed by atoms with Crippen LogP contribution in [0.25, 0.3) is 11.0 Å². The summed E-state index contributed by atoms with van der Waals surface area (Å²) in [5.74, 6) is 2.15. The number of rotatable bonds is 5. The first kappa shape index (κ1) is 18.4. The maximum absolute atomic E-state index is 5.09. The van der Waals surface area contributed by atoms with Gasteiger partial charge in [0.25, 0.3) is 0 Å². The topological polar surface area (TPSA) is 38.7 Å². The van der Waals surface area contributed by atoms with Gasteiger partial charge in [-0.25, -0.2) is 9.97 Å². The first-order chi connectivity index (χ1) is 13.2. The SMILES string of the molecule is CCN(CC)C1CCN(c2nc3ccccc3nc2N2CCN(C)CC2)C1. The van der Waals surface area contributed by atoms with Gasteiger partial charge in [-0.3, -0.25) is 4.90 Å². The van der Waals surface area contributed by atoms with E-state index in [1.54, 1.807) is 0 Å². The highest BCUT2D eigenvalue weighted by Gasteiger charge is 2.30. The minimum Gasteiger partial charge on any atom is -0.352 e. The van der Waals surface area contributed by atoms with E-state index in [4.69, 9.17) is 9.97 Å². The number of nitrogens with zero attached hydrogens (tertiary/aromatic N) is 6. The highest BCUT2D eigenvalue weighted by Crippen LogP contribution is 2.32. The average Bonchev–Trinajstić information content (AvgIpc) is 3.18. The summed E-state index contributed by atoms with van der Waals surface area (Å²) in [5.41, 5.74) is 1.99. The lowest BCUT2D eigenvalue weighted by molar-refractivity contribution is 0.232. The third kappa shape index (κ3) is 3.73. The molecule has 3 heterocycles. The van der Waals surface area contributed by atoms with Crippen LogP contribution in [0.1, 0.15) is 20.3 Å².